The van der Waals surface area contributed by atoms with E-state index in [4.69, 9.17) is 4.74 Å². The summed E-state index contributed by atoms with van der Waals surface area (Å²) in [6, 6.07) is 15.4. The Labute approximate surface area is 164 Å². The van der Waals surface area contributed by atoms with E-state index in [1.165, 1.54) is 40.2 Å². The zero-order valence-corrected chi connectivity index (χ0v) is 16.7. The molecular formula is C21H24N2OS2. The maximum absolute atomic E-state index is 5.41. The van der Waals surface area contributed by atoms with E-state index in [2.05, 4.69) is 46.7 Å². The fraction of sp³-hybridized carbons (Fsp3) is 0.381. The van der Waals surface area contributed by atoms with Gasteiger partial charge in [0.25, 0.3) is 0 Å². The summed E-state index contributed by atoms with van der Waals surface area (Å²) in [6.45, 7) is 0.918. The molecular weight excluding hydrogens is 360 g/mol. The van der Waals surface area contributed by atoms with E-state index in [1.54, 1.807) is 7.11 Å². The first-order valence-electron chi connectivity index (χ1n) is 9.15. The highest BCUT2D eigenvalue weighted by Crippen LogP contribution is 2.36. The lowest BCUT2D eigenvalue weighted by Gasteiger charge is -2.26. The van der Waals surface area contributed by atoms with E-state index in [0.717, 1.165) is 29.6 Å². The molecule has 26 heavy (non-hydrogen) atoms. The Kier molecular flexibility index (Phi) is 5.75. The minimum atomic E-state index is 0.236. The lowest BCUT2D eigenvalue weighted by molar-refractivity contribution is 0.414. The standard InChI is InChI=1S/C21H24N2OS2/c1-24-16-6-2-5-15(13-16)14-19(23-21-22-10-12-26-21)17-7-3-9-20-18(17)8-4-11-25-20/h2-3,5-7,9,13,19H,4,8,10-12,14H2,1H3,(H,22,23). The third kappa shape index (κ3) is 4.04. The number of fused-ring (bicyclic) bond motifs is 1. The normalized spacial score (nSPS) is 17.3. The molecule has 2 aromatic rings. The third-order valence-electron chi connectivity index (χ3n) is 4.83. The smallest absolute Gasteiger partial charge is 0.157 e. The van der Waals surface area contributed by atoms with Gasteiger partial charge in [0, 0.05) is 10.6 Å². The summed E-state index contributed by atoms with van der Waals surface area (Å²) in [6.07, 6.45) is 3.36. The molecule has 0 amide bonds. The van der Waals surface area contributed by atoms with Crippen LogP contribution in [0.5, 0.6) is 5.75 Å². The van der Waals surface area contributed by atoms with E-state index < -0.39 is 0 Å². The number of methoxy groups -OCH3 is 1. The summed E-state index contributed by atoms with van der Waals surface area (Å²) in [5, 5.41) is 4.81. The van der Waals surface area contributed by atoms with Gasteiger partial charge in [-0.15, -0.1) is 11.8 Å². The van der Waals surface area contributed by atoms with Crippen LogP contribution >= 0.6 is 23.5 Å². The topological polar surface area (TPSA) is 33.6 Å². The summed E-state index contributed by atoms with van der Waals surface area (Å²) in [5.74, 6) is 3.23. The Hall–Kier alpha value is -1.59. The van der Waals surface area contributed by atoms with Crippen molar-refractivity contribution in [2.45, 2.75) is 30.2 Å². The number of rotatable bonds is 5. The van der Waals surface area contributed by atoms with Crippen molar-refractivity contribution in [2.24, 2.45) is 4.99 Å². The van der Waals surface area contributed by atoms with Crippen molar-refractivity contribution in [2.75, 3.05) is 25.2 Å². The lowest BCUT2D eigenvalue weighted by atomic mass is 9.92. The Morgan fingerprint density at radius 2 is 2.08 bits per heavy atom. The molecule has 1 unspecified atom stereocenters. The molecule has 2 aliphatic rings. The predicted molar refractivity (Wildman–Crippen MR) is 113 cm³/mol. The molecule has 0 radical (unpaired) electrons. The maximum atomic E-state index is 5.41. The van der Waals surface area contributed by atoms with Crippen LogP contribution in [-0.2, 0) is 12.8 Å². The van der Waals surface area contributed by atoms with Crippen molar-refractivity contribution >= 4 is 28.7 Å². The molecule has 136 valence electrons. The van der Waals surface area contributed by atoms with E-state index in [9.17, 15) is 0 Å². The van der Waals surface area contributed by atoms with Gasteiger partial charge in [0.15, 0.2) is 5.17 Å². The lowest BCUT2D eigenvalue weighted by Crippen LogP contribution is -2.28. The highest BCUT2D eigenvalue weighted by atomic mass is 32.2. The highest BCUT2D eigenvalue weighted by molar-refractivity contribution is 8.14. The molecule has 0 spiro atoms. The summed E-state index contributed by atoms with van der Waals surface area (Å²) in [7, 11) is 1.73. The molecule has 2 aromatic carbocycles. The van der Waals surface area contributed by atoms with Gasteiger partial charge in [0.2, 0.25) is 0 Å². The molecule has 0 bridgehead atoms. The molecule has 0 aromatic heterocycles. The second-order valence-corrected chi connectivity index (χ2v) is 8.78. The van der Waals surface area contributed by atoms with Crippen LogP contribution in [0.2, 0.25) is 0 Å². The fourth-order valence-electron chi connectivity index (χ4n) is 3.59. The Morgan fingerprint density at radius 3 is 2.92 bits per heavy atom. The van der Waals surface area contributed by atoms with Gasteiger partial charge in [-0.1, -0.05) is 36.0 Å². The Balaban J connectivity index is 1.66. The molecule has 2 heterocycles. The molecule has 0 saturated heterocycles. The van der Waals surface area contributed by atoms with Gasteiger partial charge in [-0.05, 0) is 59.9 Å². The minimum Gasteiger partial charge on any atom is -0.497 e. The number of thioether (sulfide) groups is 2. The molecule has 1 N–H and O–H groups in total. The Bertz CT molecular complexity index is 806. The fourth-order valence-corrected chi connectivity index (χ4v) is 5.45. The SMILES string of the molecule is COc1cccc(CC(NC2=NCCS2)c2cccc3c2CCCS3)c1. The zero-order valence-electron chi connectivity index (χ0n) is 15.0. The quantitative estimate of drug-likeness (QED) is 0.809. The predicted octanol–water partition coefficient (Wildman–Crippen LogP) is 4.71. The number of hydrogen-bond donors (Lipinski definition) is 1. The minimum absolute atomic E-state index is 0.236. The van der Waals surface area contributed by atoms with Crippen molar-refractivity contribution < 1.29 is 4.74 Å². The Morgan fingerprint density at radius 1 is 1.15 bits per heavy atom. The van der Waals surface area contributed by atoms with Crippen LogP contribution < -0.4 is 10.1 Å². The van der Waals surface area contributed by atoms with Crippen LogP contribution in [0.1, 0.15) is 29.2 Å². The first-order chi connectivity index (χ1) is 12.8. The molecule has 1 atom stereocenters. The van der Waals surface area contributed by atoms with Crippen molar-refractivity contribution in [3.05, 3.63) is 59.2 Å². The number of ether oxygens (including phenoxy) is 1. The van der Waals surface area contributed by atoms with Gasteiger partial charge in [-0.3, -0.25) is 4.99 Å². The van der Waals surface area contributed by atoms with Crippen LogP contribution in [0.25, 0.3) is 0 Å². The van der Waals surface area contributed by atoms with Crippen LogP contribution in [0.4, 0.5) is 0 Å². The van der Waals surface area contributed by atoms with E-state index in [-0.39, 0.29) is 6.04 Å². The zero-order chi connectivity index (χ0) is 17.8. The van der Waals surface area contributed by atoms with E-state index in [1.807, 2.05) is 29.6 Å². The summed E-state index contributed by atoms with van der Waals surface area (Å²) in [5.41, 5.74) is 4.23. The largest absolute Gasteiger partial charge is 0.497 e. The van der Waals surface area contributed by atoms with E-state index in [0.29, 0.717) is 0 Å². The number of hydrogen-bond acceptors (Lipinski definition) is 5. The second-order valence-electron chi connectivity index (χ2n) is 6.56. The number of benzene rings is 2. The van der Waals surface area contributed by atoms with Gasteiger partial charge in [0.05, 0.1) is 19.7 Å². The van der Waals surface area contributed by atoms with Gasteiger partial charge in [-0.25, -0.2) is 0 Å². The molecule has 3 nitrogen and oxygen atoms in total. The molecule has 0 saturated carbocycles. The summed E-state index contributed by atoms with van der Waals surface area (Å²) in [4.78, 5) is 6.08. The van der Waals surface area contributed by atoms with Crippen LogP contribution in [-0.4, -0.2) is 30.3 Å². The maximum Gasteiger partial charge on any atom is 0.157 e. The van der Waals surface area contributed by atoms with Crippen LogP contribution in [0.15, 0.2) is 52.4 Å². The molecule has 4 rings (SSSR count). The number of nitrogens with one attached hydrogen (secondary N) is 1. The molecule has 0 fully saturated rings. The average molecular weight is 385 g/mol. The number of aliphatic imine (C=N–C) groups is 1. The first-order valence-corrected chi connectivity index (χ1v) is 11.1. The number of amidine groups is 1. The van der Waals surface area contributed by atoms with Crippen molar-refractivity contribution in [3.8, 4) is 5.75 Å². The van der Waals surface area contributed by atoms with Gasteiger partial charge in [0.1, 0.15) is 5.75 Å². The van der Waals surface area contributed by atoms with Crippen molar-refractivity contribution in [1.82, 2.24) is 5.32 Å². The van der Waals surface area contributed by atoms with E-state index >= 15 is 0 Å². The monoisotopic (exact) mass is 384 g/mol. The molecule has 0 aliphatic carbocycles. The summed E-state index contributed by atoms with van der Waals surface area (Å²) >= 11 is 3.82. The van der Waals surface area contributed by atoms with Crippen LogP contribution in [0, 0.1) is 0 Å². The average Bonchev–Trinajstić information content (AvgIpc) is 3.20. The third-order valence-corrected chi connectivity index (χ3v) is 6.92. The highest BCUT2D eigenvalue weighted by Gasteiger charge is 2.22. The molecule has 2 aliphatic heterocycles. The van der Waals surface area contributed by atoms with Crippen LogP contribution in [0.3, 0.4) is 0 Å². The van der Waals surface area contributed by atoms with Crippen molar-refractivity contribution in [3.63, 3.8) is 0 Å². The number of nitrogens with zero attached hydrogens (tertiary/aromatic N) is 1. The molecule has 5 heteroatoms. The van der Waals surface area contributed by atoms with Crippen molar-refractivity contribution in [1.29, 1.82) is 0 Å². The second kappa shape index (κ2) is 8.40. The van der Waals surface area contributed by atoms with Gasteiger partial charge < -0.3 is 10.1 Å². The van der Waals surface area contributed by atoms with Gasteiger partial charge >= 0.3 is 0 Å². The van der Waals surface area contributed by atoms with Gasteiger partial charge in [-0.2, -0.15) is 0 Å². The first kappa shape index (κ1) is 17.8. The summed E-state index contributed by atoms with van der Waals surface area (Å²) < 4.78 is 5.41.